The van der Waals surface area contributed by atoms with Crippen molar-refractivity contribution in [2.75, 3.05) is 5.32 Å². The Morgan fingerprint density at radius 3 is 2.81 bits per heavy atom. The van der Waals surface area contributed by atoms with E-state index in [0.717, 1.165) is 10.9 Å². The lowest BCUT2D eigenvalue weighted by Gasteiger charge is -2.08. The van der Waals surface area contributed by atoms with Crippen LogP contribution in [0.1, 0.15) is 23.8 Å². The number of halogens is 1. The fourth-order valence-electron chi connectivity index (χ4n) is 2.02. The highest BCUT2D eigenvalue weighted by Crippen LogP contribution is 2.24. The van der Waals surface area contributed by atoms with E-state index in [-0.39, 0.29) is 17.3 Å². The molecule has 0 aliphatic heterocycles. The summed E-state index contributed by atoms with van der Waals surface area (Å²) in [7, 11) is 0. The molecule has 1 aromatic carbocycles. The summed E-state index contributed by atoms with van der Waals surface area (Å²) in [6, 6.07) is 7.77. The fourth-order valence-corrected chi connectivity index (χ4v) is 2.48. The molecular weight excluding hydrogens is 338 g/mol. The predicted octanol–water partition coefficient (Wildman–Crippen LogP) is 3.82. The first-order valence-corrected chi connectivity index (χ1v) is 7.22. The van der Waals surface area contributed by atoms with Gasteiger partial charge in [-0.25, -0.2) is 0 Å². The Balaban J connectivity index is 2.28. The zero-order valence-corrected chi connectivity index (χ0v) is 13.0. The van der Waals surface area contributed by atoms with Crippen LogP contribution in [-0.4, -0.2) is 15.4 Å². The second-order valence-corrected chi connectivity index (χ2v) is 5.38. The van der Waals surface area contributed by atoms with E-state index in [4.69, 9.17) is 0 Å². The molecule has 110 valence electrons. The highest BCUT2D eigenvalue weighted by atomic mass is 79.9. The highest BCUT2D eigenvalue weighted by Gasteiger charge is 2.18. The van der Waals surface area contributed by atoms with Crippen molar-refractivity contribution in [1.29, 1.82) is 0 Å². The standard InChI is InChI=1S/C14H14BrN3O3/c1-2-7-17-9-10(15)8-13(17)14(19)16-11-5-3-4-6-12(11)18(20)21/h3-6,8-9H,2,7H2,1H3,(H,16,19). The second-order valence-electron chi connectivity index (χ2n) is 4.47. The number of aromatic nitrogens is 1. The first kappa shape index (κ1) is 15.2. The minimum atomic E-state index is -0.517. The van der Waals surface area contributed by atoms with Gasteiger partial charge in [-0.2, -0.15) is 0 Å². The maximum Gasteiger partial charge on any atom is 0.292 e. The summed E-state index contributed by atoms with van der Waals surface area (Å²) in [5, 5.41) is 13.6. The molecule has 1 aromatic heterocycles. The van der Waals surface area contributed by atoms with Crippen LogP contribution in [-0.2, 0) is 6.54 Å². The Kier molecular flexibility index (Phi) is 4.74. The van der Waals surface area contributed by atoms with Crippen LogP contribution in [0, 0.1) is 10.1 Å². The van der Waals surface area contributed by atoms with Crippen LogP contribution in [0.2, 0.25) is 0 Å². The van der Waals surface area contributed by atoms with Gasteiger partial charge in [0.25, 0.3) is 11.6 Å². The first-order chi connectivity index (χ1) is 10.0. The number of hydrogen-bond donors (Lipinski definition) is 1. The van der Waals surface area contributed by atoms with Gasteiger partial charge in [-0.05, 0) is 34.5 Å². The summed E-state index contributed by atoms with van der Waals surface area (Å²) in [5.41, 5.74) is 0.522. The van der Waals surface area contributed by atoms with Gasteiger partial charge < -0.3 is 9.88 Å². The van der Waals surface area contributed by atoms with Gasteiger partial charge in [0.1, 0.15) is 11.4 Å². The quantitative estimate of drug-likeness (QED) is 0.656. The third kappa shape index (κ3) is 3.49. The number of anilines is 1. The van der Waals surface area contributed by atoms with E-state index in [1.807, 2.05) is 17.7 Å². The molecular formula is C14H14BrN3O3. The maximum atomic E-state index is 12.3. The van der Waals surface area contributed by atoms with E-state index in [0.29, 0.717) is 12.2 Å². The van der Waals surface area contributed by atoms with Crippen LogP contribution in [0.4, 0.5) is 11.4 Å². The molecule has 2 rings (SSSR count). The monoisotopic (exact) mass is 351 g/mol. The van der Waals surface area contributed by atoms with Crippen molar-refractivity contribution >= 4 is 33.2 Å². The van der Waals surface area contributed by atoms with Crippen LogP contribution < -0.4 is 5.32 Å². The van der Waals surface area contributed by atoms with E-state index < -0.39 is 4.92 Å². The lowest BCUT2D eigenvalue weighted by atomic mass is 10.2. The van der Waals surface area contributed by atoms with Crippen LogP contribution in [0.3, 0.4) is 0 Å². The number of carbonyl (C=O) groups is 1. The number of nitro benzene ring substituents is 1. The van der Waals surface area contributed by atoms with E-state index in [2.05, 4.69) is 21.2 Å². The van der Waals surface area contributed by atoms with Crippen LogP contribution in [0.5, 0.6) is 0 Å². The molecule has 0 bridgehead atoms. The van der Waals surface area contributed by atoms with Crippen molar-refractivity contribution in [2.45, 2.75) is 19.9 Å². The van der Waals surface area contributed by atoms with E-state index in [9.17, 15) is 14.9 Å². The Bertz CT molecular complexity index is 682. The van der Waals surface area contributed by atoms with Gasteiger partial charge in [0.2, 0.25) is 0 Å². The topological polar surface area (TPSA) is 77.2 Å². The highest BCUT2D eigenvalue weighted by molar-refractivity contribution is 9.10. The third-order valence-corrected chi connectivity index (χ3v) is 3.34. The molecule has 0 saturated heterocycles. The largest absolute Gasteiger partial charge is 0.342 e. The molecule has 0 atom stereocenters. The average molecular weight is 352 g/mol. The summed E-state index contributed by atoms with van der Waals surface area (Å²) in [6.45, 7) is 2.71. The summed E-state index contributed by atoms with van der Waals surface area (Å²) in [5.74, 6) is -0.372. The van der Waals surface area contributed by atoms with Gasteiger partial charge in [-0.3, -0.25) is 14.9 Å². The lowest BCUT2D eigenvalue weighted by molar-refractivity contribution is -0.383. The van der Waals surface area contributed by atoms with Gasteiger partial charge >= 0.3 is 0 Å². The molecule has 1 amide bonds. The average Bonchev–Trinajstić information content (AvgIpc) is 2.80. The van der Waals surface area contributed by atoms with Gasteiger partial charge in [-0.1, -0.05) is 19.1 Å². The molecule has 0 aliphatic rings. The molecule has 2 aromatic rings. The number of amides is 1. The number of nitro groups is 1. The van der Waals surface area contributed by atoms with Crippen molar-refractivity contribution in [3.8, 4) is 0 Å². The van der Waals surface area contributed by atoms with E-state index in [1.165, 1.54) is 12.1 Å². The molecule has 0 aliphatic carbocycles. The lowest BCUT2D eigenvalue weighted by Crippen LogP contribution is -2.17. The van der Waals surface area contributed by atoms with Crippen molar-refractivity contribution in [2.24, 2.45) is 0 Å². The van der Waals surface area contributed by atoms with Gasteiger partial charge in [0, 0.05) is 23.3 Å². The Hall–Kier alpha value is -2.15. The molecule has 7 heteroatoms. The molecule has 0 radical (unpaired) electrons. The zero-order chi connectivity index (χ0) is 15.4. The number of nitrogens with one attached hydrogen (secondary N) is 1. The van der Waals surface area contributed by atoms with Crippen LogP contribution >= 0.6 is 15.9 Å². The fraction of sp³-hybridized carbons (Fsp3) is 0.214. The summed E-state index contributed by atoms with van der Waals surface area (Å²) < 4.78 is 2.61. The molecule has 1 heterocycles. The normalized spacial score (nSPS) is 10.4. The summed E-state index contributed by atoms with van der Waals surface area (Å²) in [4.78, 5) is 22.8. The SMILES string of the molecule is CCCn1cc(Br)cc1C(=O)Nc1ccccc1[N+](=O)[O-]. The smallest absolute Gasteiger partial charge is 0.292 e. The van der Waals surface area contributed by atoms with Crippen molar-refractivity contribution < 1.29 is 9.72 Å². The van der Waals surface area contributed by atoms with Gasteiger partial charge in [-0.15, -0.1) is 0 Å². The molecule has 0 spiro atoms. The molecule has 0 saturated carbocycles. The van der Waals surface area contributed by atoms with Crippen molar-refractivity contribution in [1.82, 2.24) is 4.57 Å². The second kappa shape index (κ2) is 6.53. The summed E-state index contributed by atoms with van der Waals surface area (Å²) >= 11 is 3.34. The van der Waals surface area contributed by atoms with Gasteiger partial charge in [0.05, 0.1) is 4.92 Å². The third-order valence-electron chi connectivity index (χ3n) is 2.91. The predicted molar refractivity (Wildman–Crippen MR) is 83.5 cm³/mol. The number of nitrogens with zero attached hydrogens (tertiary/aromatic N) is 2. The molecule has 6 nitrogen and oxygen atoms in total. The Labute approximate surface area is 130 Å². The zero-order valence-electron chi connectivity index (χ0n) is 11.4. The summed E-state index contributed by atoms with van der Waals surface area (Å²) in [6.07, 6.45) is 2.70. The Morgan fingerprint density at radius 1 is 1.43 bits per heavy atom. The maximum absolute atomic E-state index is 12.3. The molecule has 0 fully saturated rings. The van der Waals surface area contributed by atoms with Crippen LogP contribution in [0.15, 0.2) is 41.0 Å². The number of rotatable bonds is 5. The number of benzene rings is 1. The van der Waals surface area contributed by atoms with Crippen molar-refractivity contribution in [3.63, 3.8) is 0 Å². The molecule has 0 unspecified atom stereocenters. The minimum absolute atomic E-state index is 0.126. The van der Waals surface area contributed by atoms with Gasteiger partial charge in [0.15, 0.2) is 0 Å². The first-order valence-electron chi connectivity index (χ1n) is 6.43. The number of hydrogen-bond acceptors (Lipinski definition) is 3. The molecule has 1 N–H and O–H groups in total. The Morgan fingerprint density at radius 2 is 2.14 bits per heavy atom. The van der Waals surface area contributed by atoms with E-state index in [1.54, 1.807) is 18.2 Å². The van der Waals surface area contributed by atoms with Crippen molar-refractivity contribution in [3.05, 3.63) is 56.8 Å². The van der Waals surface area contributed by atoms with Crippen LogP contribution in [0.25, 0.3) is 0 Å². The minimum Gasteiger partial charge on any atom is -0.342 e. The number of carbonyl (C=O) groups excluding carboxylic acids is 1. The number of para-hydroxylation sites is 2. The number of aryl methyl sites for hydroxylation is 1. The molecule has 21 heavy (non-hydrogen) atoms. The van der Waals surface area contributed by atoms with E-state index >= 15 is 0 Å².